The van der Waals surface area contributed by atoms with Crippen LogP contribution in [0.1, 0.15) is 11.8 Å². The normalized spacial score (nSPS) is 15.6. The molecule has 0 spiro atoms. The van der Waals surface area contributed by atoms with Crippen LogP contribution in [-0.4, -0.2) is 44.9 Å². The van der Waals surface area contributed by atoms with Gasteiger partial charge < -0.3 is 9.64 Å². The minimum Gasteiger partial charge on any atom is -0.378 e. The summed E-state index contributed by atoms with van der Waals surface area (Å²) in [5, 5.41) is 8.07. The first-order valence-corrected chi connectivity index (χ1v) is 9.66. The van der Waals surface area contributed by atoms with Crippen LogP contribution in [-0.2, 0) is 21.2 Å². The summed E-state index contributed by atoms with van der Waals surface area (Å²) in [7, 11) is -3.61. The number of anilines is 2. The fourth-order valence-electron chi connectivity index (χ4n) is 2.22. The molecule has 0 radical (unpaired) electrons. The Labute approximate surface area is 139 Å². The van der Waals surface area contributed by atoms with E-state index in [9.17, 15) is 8.42 Å². The fourth-order valence-corrected chi connectivity index (χ4v) is 4.51. The lowest BCUT2D eigenvalue weighted by Crippen LogP contribution is -2.36. The van der Waals surface area contributed by atoms with Gasteiger partial charge in [-0.1, -0.05) is 6.92 Å². The third-order valence-electron chi connectivity index (χ3n) is 3.47. The Morgan fingerprint density at radius 3 is 2.61 bits per heavy atom. The second-order valence-corrected chi connectivity index (χ2v) is 8.13. The van der Waals surface area contributed by atoms with Gasteiger partial charge in [-0.05, 0) is 30.7 Å². The van der Waals surface area contributed by atoms with Gasteiger partial charge in [-0.3, -0.25) is 4.72 Å². The van der Waals surface area contributed by atoms with Gasteiger partial charge in [0.1, 0.15) is 4.21 Å². The largest absolute Gasteiger partial charge is 0.378 e. The molecule has 9 heteroatoms. The average Bonchev–Trinajstić information content (AvgIpc) is 3.06. The molecule has 124 valence electrons. The molecule has 0 atom stereocenters. The van der Waals surface area contributed by atoms with Crippen molar-refractivity contribution in [3.63, 3.8) is 0 Å². The molecule has 2 aromatic heterocycles. The van der Waals surface area contributed by atoms with Gasteiger partial charge in [-0.15, -0.1) is 21.5 Å². The number of aryl methyl sites for hydroxylation is 1. The first-order chi connectivity index (χ1) is 11.1. The van der Waals surface area contributed by atoms with Crippen LogP contribution in [0.25, 0.3) is 0 Å². The molecule has 0 aromatic carbocycles. The SMILES string of the molecule is CCc1ccc(S(=O)(=O)Nc2ccc(N3CCOCC3)nn2)s1. The summed E-state index contributed by atoms with van der Waals surface area (Å²) in [4.78, 5) is 3.08. The molecule has 1 fully saturated rings. The summed E-state index contributed by atoms with van der Waals surface area (Å²) in [5.41, 5.74) is 0. The zero-order valence-corrected chi connectivity index (χ0v) is 14.4. The van der Waals surface area contributed by atoms with Crippen molar-refractivity contribution < 1.29 is 13.2 Å². The maximum Gasteiger partial charge on any atom is 0.272 e. The number of aromatic nitrogens is 2. The lowest BCUT2D eigenvalue weighted by Gasteiger charge is -2.27. The first kappa shape index (κ1) is 16.2. The van der Waals surface area contributed by atoms with E-state index in [1.807, 2.05) is 13.0 Å². The molecule has 2 aromatic rings. The lowest BCUT2D eigenvalue weighted by atomic mass is 10.4. The van der Waals surface area contributed by atoms with Crippen molar-refractivity contribution in [2.24, 2.45) is 0 Å². The fraction of sp³-hybridized carbons (Fsp3) is 0.429. The Kier molecular flexibility index (Phi) is 4.79. The minimum absolute atomic E-state index is 0.216. The Balaban J connectivity index is 1.72. The van der Waals surface area contributed by atoms with Crippen molar-refractivity contribution in [3.8, 4) is 0 Å². The highest BCUT2D eigenvalue weighted by atomic mass is 32.2. The van der Waals surface area contributed by atoms with Crippen molar-refractivity contribution in [1.82, 2.24) is 10.2 Å². The minimum atomic E-state index is -3.61. The van der Waals surface area contributed by atoms with Crippen LogP contribution in [0.15, 0.2) is 28.5 Å². The number of sulfonamides is 1. The van der Waals surface area contributed by atoms with Crippen molar-refractivity contribution in [3.05, 3.63) is 29.1 Å². The summed E-state index contributed by atoms with van der Waals surface area (Å²) in [6.07, 6.45) is 0.814. The Hall–Kier alpha value is -1.71. The molecule has 3 heterocycles. The predicted octanol–water partition coefficient (Wildman–Crippen LogP) is 1.74. The summed E-state index contributed by atoms with van der Waals surface area (Å²) in [6, 6.07) is 6.83. The topological polar surface area (TPSA) is 84.4 Å². The number of nitrogens with zero attached hydrogens (tertiary/aromatic N) is 3. The van der Waals surface area contributed by atoms with Crippen LogP contribution in [0.3, 0.4) is 0 Å². The quantitative estimate of drug-likeness (QED) is 0.880. The molecule has 0 bridgehead atoms. The number of hydrogen-bond donors (Lipinski definition) is 1. The molecule has 1 N–H and O–H groups in total. The molecule has 0 amide bonds. The molecule has 1 aliphatic heterocycles. The predicted molar refractivity (Wildman–Crippen MR) is 89.6 cm³/mol. The number of nitrogens with one attached hydrogen (secondary N) is 1. The van der Waals surface area contributed by atoms with Crippen LogP contribution in [0.5, 0.6) is 0 Å². The van der Waals surface area contributed by atoms with E-state index in [0.29, 0.717) is 13.2 Å². The monoisotopic (exact) mass is 354 g/mol. The van der Waals surface area contributed by atoms with E-state index in [-0.39, 0.29) is 10.0 Å². The maximum atomic E-state index is 12.3. The Morgan fingerprint density at radius 1 is 1.22 bits per heavy atom. The zero-order chi connectivity index (χ0) is 16.3. The van der Waals surface area contributed by atoms with Gasteiger partial charge in [0.05, 0.1) is 13.2 Å². The van der Waals surface area contributed by atoms with E-state index in [2.05, 4.69) is 19.8 Å². The maximum absolute atomic E-state index is 12.3. The highest BCUT2D eigenvalue weighted by Crippen LogP contribution is 2.24. The first-order valence-electron chi connectivity index (χ1n) is 7.36. The van der Waals surface area contributed by atoms with Gasteiger partial charge in [-0.25, -0.2) is 8.42 Å². The second-order valence-electron chi connectivity index (χ2n) is 5.06. The van der Waals surface area contributed by atoms with E-state index in [1.165, 1.54) is 11.3 Å². The highest BCUT2D eigenvalue weighted by Gasteiger charge is 2.18. The number of thiophene rings is 1. The number of ether oxygens (including phenoxy) is 1. The summed E-state index contributed by atoms with van der Waals surface area (Å²) in [6.45, 7) is 4.83. The van der Waals surface area contributed by atoms with Crippen LogP contribution in [0.4, 0.5) is 11.6 Å². The van der Waals surface area contributed by atoms with E-state index in [4.69, 9.17) is 4.74 Å². The van der Waals surface area contributed by atoms with Gasteiger partial charge >= 0.3 is 0 Å². The highest BCUT2D eigenvalue weighted by molar-refractivity contribution is 7.94. The molecule has 23 heavy (non-hydrogen) atoms. The zero-order valence-electron chi connectivity index (χ0n) is 12.7. The molecule has 3 rings (SSSR count). The van der Waals surface area contributed by atoms with Crippen LogP contribution >= 0.6 is 11.3 Å². The number of hydrogen-bond acceptors (Lipinski definition) is 7. The van der Waals surface area contributed by atoms with Gasteiger partial charge in [0, 0.05) is 18.0 Å². The molecule has 0 aliphatic carbocycles. The third-order valence-corrected chi connectivity index (χ3v) is 6.55. The van der Waals surface area contributed by atoms with Gasteiger partial charge in [0.25, 0.3) is 10.0 Å². The molecule has 7 nitrogen and oxygen atoms in total. The van der Waals surface area contributed by atoms with E-state index >= 15 is 0 Å². The van der Waals surface area contributed by atoms with Crippen molar-refractivity contribution in [2.45, 2.75) is 17.6 Å². The number of rotatable bonds is 5. The Morgan fingerprint density at radius 2 is 2.00 bits per heavy atom. The molecule has 1 aliphatic rings. The van der Waals surface area contributed by atoms with Crippen molar-refractivity contribution in [2.75, 3.05) is 35.9 Å². The van der Waals surface area contributed by atoms with Crippen molar-refractivity contribution in [1.29, 1.82) is 0 Å². The van der Waals surface area contributed by atoms with Gasteiger partial charge in [0.15, 0.2) is 11.6 Å². The smallest absolute Gasteiger partial charge is 0.272 e. The Bertz CT molecular complexity index is 753. The van der Waals surface area contributed by atoms with Crippen LogP contribution in [0, 0.1) is 0 Å². The molecular weight excluding hydrogens is 336 g/mol. The van der Waals surface area contributed by atoms with Crippen molar-refractivity contribution >= 4 is 33.0 Å². The molecule has 0 saturated carbocycles. The third kappa shape index (κ3) is 3.80. The molecular formula is C14H18N4O3S2. The van der Waals surface area contributed by atoms with Gasteiger partial charge in [0.2, 0.25) is 0 Å². The lowest BCUT2D eigenvalue weighted by molar-refractivity contribution is 0.122. The number of morpholine rings is 1. The standard InChI is InChI=1S/C14H18N4O3S2/c1-2-11-3-6-14(22-11)23(19,20)17-12-4-5-13(16-15-12)18-7-9-21-10-8-18/h3-6H,2,7-10H2,1H3,(H,15,17). The molecule has 1 saturated heterocycles. The summed E-state index contributed by atoms with van der Waals surface area (Å²) < 4.78 is 32.7. The second kappa shape index (κ2) is 6.81. The molecule has 0 unspecified atom stereocenters. The summed E-state index contributed by atoms with van der Waals surface area (Å²) >= 11 is 1.26. The summed E-state index contributed by atoms with van der Waals surface area (Å²) in [5.74, 6) is 0.939. The van der Waals surface area contributed by atoms with Gasteiger partial charge in [-0.2, -0.15) is 0 Å². The van der Waals surface area contributed by atoms with Crippen LogP contribution < -0.4 is 9.62 Å². The van der Waals surface area contributed by atoms with E-state index in [1.54, 1.807) is 18.2 Å². The average molecular weight is 354 g/mol. The van der Waals surface area contributed by atoms with E-state index in [0.717, 1.165) is 30.2 Å². The van der Waals surface area contributed by atoms with Crippen LogP contribution in [0.2, 0.25) is 0 Å². The van der Waals surface area contributed by atoms with E-state index < -0.39 is 10.0 Å².